The van der Waals surface area contributed by atoms with Crippen LogP contribution in [0.1, 0.15) is 56.2 Å². The molecule has 1 aromatic carbocycles. The summed E-state index contributed by atoms with van der Waals surface area (Å²) in [6.45, 7) is 7.05. The summed E-state index contributed by atoms with van der Waals surface area (Å²) in [6, 6.07) is 7.93. The molecule has 2 saturated heterocycles. The van der Waals surface area contributed by atoms with Crippen LogP contribution in [-0.4, -0.2) is 67.7 Å². The van der Waals surface area contributed by atoms with Crippen LogP contribution in [0.2, 0.25) is 0 Å². The Morgan fingerprint density at radius 3 is 2.38 bits per heavy atom. The molecule has 32 heavy (non-hydrogen) atoms. The fraction of sp³-hybridized carbons (Fsp3) is 0.600. The molecule has 0 unspecified atom stereocenters. The number of benzene rings is 1. The molecule has 1 atom stereocenters. The minimum absolute atomic E-state index is 0.277. The van der Waals surface area contributed by atoms with Crippen molar-refractivity contribution < 1.29 is 14.3 Å². The number of aryl methyl sites for hydroxylation is 1. The molecule has 0 saturated carbocycles. The van der Waals surface area contributed by atoms with Gasteiger partial charge >= 0.3 is 12.0 Å². The van der Waals surface area contributed by atoms with Crippen molar-refractivity contribution in [2.24, 2.45) is 0 Å². The summed E-state index contributed by atoms with van der Waals surface area (Å²) in [5.74, 6) is -0.403. The van der Waals surface area contributed by atoms with Gasteiger partial charge in [-0.2, -0.15) is 0 Å². The normalized spacial score (nSPS) is 23.6. The van der Waals surface area contributed by atoms with Gasteiger partial charge in [0.1, 0.15) is 0 Å². The topological polar surface area (TPSA) is 73.9 Å². The molecule has 174 valence electrons. The average molecular weight is 441 g/mol. The zero-order valence-corrected chi connectivity index (χ0v) is 19.4. The molecule has 3 heterocycles. The van der Waals surface area contributed by atoms with Crippen LogP contribution in [0.15, 0.2) is 35.5 Å². The number of nitrogens with one attached hydrogen (secondary N) is 2. The minimum atomic E-state index is -0.511. The van der Waals surface area contributed by atoms with Crippen LogP contribution >= 0.6 is 0 Å². The van der Waals surface area contributed by atoms with E-state index < -0.39 is 12.0 Å². The van der Waals surface area contributed by atoms with Gasteiger partial charge in [-0.25, -0.2) is 9.59 Å². The van der Waals surface area contributed by atoms with Crippen molar-refractivity contribution in [2.45, 2.75) is 57.5 Å². The number of hydrogen-bond acceptors (Lipinski definition) is 5. The number of carbonyl (C=O) groups is 2. The number of hydrogen-bond donors (Lipinski definition) is 2. The van der Waals surface area contributed by atoms with E-state index in [4.69, 9.17) is 4.74 Å². The van der Waals surface area contributed by atoms with Crippen LogP contribution in [0.4, 0.5) is 4.79 Å². The van der Waals surface area contributed by atoms with Crippen LogP contribution in [0.25, 0.3) is 0 Å². The van der Waals surface area contributed by atoms with Gasteiger partial charge in [0.2, 0.25) is 0 Å². The van der Waals surface area contributed by atoms with E-state index >= 15 is 0 Å². The molecule has 7 nitrogen and oxygen atoms in total. The number of rotatable bonds is 6. The highest BCUT2D eigenvalue weighted by Gasteiger charge is 2.35. The summed E-state index contributed by atoms with van der Waals surface area (Å²) in [6.07, 6.45) is 7.20. The Bertz CT molecular complexity index is 837. The Hall–Kier alpha value is -2.38. The molecule has 0 aromatic heterocycles. The van der Waals surface area contributed by atoms with Gasteiger partial charge < -0.3 is 20.3 Å². The molecule has 0 bridgehead atoms. The second-order valence-corrected chi connectivity index (χ2v) is 9.11. The van der Waals surface area contributed by atoms with Gasteiger partial charge in [-0.3, -0.25) is 4.90 Å². The third-order valence-electron chi connectivity index (χ3n) is 7.13. The van der Waals surface area contributed by atoms with Crippen molar-refractivity contribution in [2.75, 3.05) is 39.8 Å². The van der Waals surface area contributed by atoms with Gasteiger partial charge in [0.05, 0.1) is 18.7 Å². The lowest BCUT2D eigenvalue weighted by atomic mass is 9.93. The second-order valence-electron chi connectivity index (χ2n) is 9.11. The Morgan fingerprint density at radius 1 is 1.06 bits per heavy atom. The fourth-order valence-corrected chi connectivity index (χ4v) is 5.24. The van der Waals surface area contributed by atoms with Crippen LogP contribution in [0.3, 0.4) is 0 Å². The molecule has 3 aliphatic heterocycles. The molecule has 1 aromatic rings. The molecule has 0 aliphatic carbocycles. The van der Waals surface area contributed by atoms with Crippen molar-refractivity contribution in [3.63, 3.8) is 0 Å². The standard InChI is InChI=1S/C25H36N4O3/c1-3-18-7-9-19(10-8-18)23-22(24(30)32-2)21(26-25(31)27-23)17-28-15-11-20(12-16-28)29-13-5-4-6-14-29/h7-10,20,23H,3-6,11-17H2,1-2H3,(H2,26,27,31)/t23-/m1/s1. The maximum absolute atomic E-state index is 12.8. The zero-order chi connectivity index (χ0) is 22.5. The van der Waals surface area contributed by atoms with E-state index in [0.717, 1.165) is 37.9 Å². The molecule has 0 radical (unpaired) electrons. The summed E-state index contributed by atoms with van der Waals surface area (Å²) in [5, 5.41) is 5.82. The summed E-state index contributed by atoms with van der Waals surface area (Å²) in [7, 11) is 1.39. The Morgan fingerprint density at radius 2 is 1.75 bits per heavy atom. The Kier molecular flexibility index (Phi) is 7.48. The first kappa shape index (κ1) is 22.8. The van der Waals surface area contributed by atoms with Gasteiger partial charge in [0, 0.05) is 31.4 Å². The second kappa shape index (κ2) is 10.5. The highest BCUT2D eigenvalue weighted by molar-refractivity contribution is 5.95. The number of piperidine rings is 2. The lowest BCUT2D eigenvalue weighted by Gasteiger charge is -2.41. The van der Waals surface area contributed by atoms with Gasteiger partial charge in [-0.05, 0) is 56.3 Å². The van der Waals surface area contributed by atoms with E-state index in [9.17, 15) is 9.59 Å². The highest BCUT2D eigenvalue weighted by atomic mass is 16.5. The van der Waals surface area contributed by atoms with E-state index in [1.807, 2.05) is 24.3 Å². The number of nitrogens with zero attached hydrogens (tertiary/aromatic N) is 2. The van der Waals surface area contributed by atoms with E-state index in [2.05, 4.69) is 27.4 Å². The van der Waals surface area contributed by atoms with Crippen molar-refractivity contribution in [1.82, 2.24) is 20.4 Å². The number of amides is 2. The first-order valence-electron chi connectivity index (χ1n) is 12.0. The smallest absolute Gasteiger partial charge is 0.338 e. The molecule has 2 N–H and O–H groups in total. The predicted octanol–water partition coefficient (Wildman–Crippen LogP) is 2.98. The summed E-state index contributed by atoms with van der Waals surface area (Å²) in [5.41, 5.74) is 3.25. The maximum atomic E-state index is 12.8. The fourth-order valence-electron chi connectivity index (χ4n) is 5.24. The monoisotopic (exact) mass is 440 g/mol. The minimum Gasteiger partial charge on any atom is -0.466 e. The average Bonchev–Trinajstić information content (AvgIpc) is 2.84. The van der Waals surface area contributed by atoms with Crippen molar-refractivity contribution in [3.8, 4) is 0 Å². The molecular formula is C25H36N4O3. The number of carbonyl (C=O) groups excluding carboxylic acids is 2. The number of methoxy groups -OCH3 is 1. The SMILES string of the molecule is CCc1ccc([C@H]2NC(=O)NC(CN3CCC(N4CCCCC4)CC3)=C2C(=O)OC)cc1. The van der Waals surface area contributed by atoms with Gasteiger partial charge in [0.25, 0.3) is 0 Å². The maximum Gasteiger partial charge on any atom is 0.338 e. The van der Waals surface area contributed by atoms with Gasteiger partial charge in [-0.1, -0.05) is 37.6 Å². The van der Waals surface area contributed by atoms with Crippen molar-refractivity contribution >= 4 is 12.0 Å². The Labute approximate surface area is 191 Å². The number of esters is 1. The largest absolute Gasteiger partial charge is 0.466 e. The highest BCUT2D eigenvalue weighted by Crippen LogP contribution is 2.29. The lowest BCUT2D eigenvalue weighted by Crippen LogP contribution is -2.51. The van der Waals surface area contributed by atoms with Crippen LogP contribution < -0.4 is 10.6 Å². The quantitative estimate of drug-likeness (QED) is 0.666. The lowest BCUT2D eigenvalue weighted by molar-refractivity contribution is -0.136. The summed E-state index contributed by atoms with van der Waals surface area (Å²) >= 11 is 0. The molecule has 2 fully saturated rings. The Balaban J connectivity index is 1.50. The molecular weight excluding hydrogens is 404 g/mol. The van der Waals surface area contributed by atoms with Crippen LogP contribution in [0.5, 0.6) is 0 Å². The van der Waals surface area contributed by atoms with E-state index in [1.54, 1.807) is 0 Å². The van der Waals surface area contributed by atoms with E-state index in [0.29, 0.717) is 23.9 Å². The summed E-state index contributed by atoms with van der Waals surface area (Å²) < 4.78 is 5.12. The molecule has 4 rings (SSSR count). The zero-order valence-electron chi connectivity index (χ0n) is 19.4. The van der Waals surface area contributed by atoms with Crippen molar-refractivity contribution in [1.29, 1.82) is 0 Å². The first-order valence-corrected chi connectivity index (χ1v) is 12.0. The van der Waals surface area contributed by atoms with E-state index in [-0.39, 0.29) is 6.03 Å². The number of urea groups is 1. The molecule has 0 spiro atoms. The molecule has 2 amide bonds. The number of ether oxygens (including phenoxy) is 1. The predicted molar refractivity (Wildman–Crippen MR) is 124 cm³/mol. The third kappa shape index (κ3) is 5.15. The third-order valence-corrected chi connectivity index (χ3v) is 7.13. The molecule has 7 heteroatoms. The van der Waals surface area contributed by atoms with Gasteiger partial charge in [0.15, 0.2) is 0 Å². The first-order chi connectivity index (χ1) is 15.6. The number of likely N-dealkylation sites (tertiary alicyclic amines) is 2. The van der Waals surface area contributed by atoms with Crippen LogP contribution in [0, 0.1) is 0 Å². The van der Waals surface area contributed by atoms with Crippen molar-refractivity contribution in [3.05, 3.63) is 46.7 Å². The summed E-state index contributed by atoms with van der Waals surface area (Å²) in [4.78, 5) is 30.3. The van der Waals surface area contributed by atoms with E-state index in [1.165, 1.54) is 45.0 Å². The van der Waals surface area contributed by atoms with Crippen LogP contribution in [-0.2, 0) is 16.0 Å². The molecule has 3 aliphatic rings. The van der Waals surface area contributed by atoms with Gasteiger partial charge in [-0.15, -0.1) is 0 Å².